The summed E-state index contributed by atoms with van der Waals surface area (Å²) in [4.78, 5) is 19.0. The van der Waals surface area contributed by atoms with Crippen LogP contribution in [0, 0.1) is 5.92 Å². The van der Waals surface area contributed by atoms with E-state index in [0.717, 1.165) is 18.5 Å². The van der Waals surface area contributed by atoms with Crippen molar-refractivity contribution in [3.05, 3.63) is 29.8 Å². The van der Waals surface area contributed by atoms with Crippen LogP contribution in [-0.2, 0) is 14.6 Å². The third kappa shape index (κ3) is 4.24. The third-order valence-electron chi connectivity index (χ3n) is 5.45. The Hall–Kier alpha value is -1.34. The summed E-state index contributed by atoms with van der Waals surface area (Å²) in [6.45, 7) is 8.28. The van der Waals surface area contributed by atoms with E-state index >= 15 is 0 Å². The zero-order valence-corrected chi connectivity index (χ0v) is 18.0. The van der Waals surface area contributed by atoms with Crippen molar-refractivity contribution in [3.8, 4) is 0 Å². The van der Waals surface area contributed by atoms with Crippen LogP contribution in [0.15, 0.2) is 29.3 Å². The van der Waals surface area contributed by atoms with Gasteiger partial charge in [-0.3, -0.25) is 4.79 Å². The Morgan fingerprint density at radius 1 is 1.19 bits per heavy atom. The Labute approximate surface area is 166 Å². The molecule has 0 spiro atoms. The first kappa shape index (κ1) is 20.4. The Balaban J connectivity index is 1.96. The van der Waals surface area contributed by atoms with Gasteiger partial charge in [0.2, 0.25) is 0 Å². The Bertz CT molecular complexity index is 827. The highest BCUT2D eigenvalue weighted by molar-refractivity contribution is 8.16. The number of hydrogen-bond donors (Lipinski definition) is 0. The molecule has 0 aromatic heterocycles. The number of benzene rings is 1. The highest BCUT2D eigenvalue weighted by Crippen LogP contribution is 2.41. The summed E-state index contributed by atoms with van der Waals surface area (Å²) in [5.74, 6) is 0.522. The molecule has 2 heterocycles. The van der Waals surface area contributed by atoms with E-state index in [0.29, 0.717) is 11.1 Å². The van der Waals surface area contributed by atoms with Gasteiger partial charge < -0.3 is 4.90 Å². The average Bonchev–Trinajstić information content (AvgIpc) is 3.06. The van der Waals surface area contributed by atoms with Gasteiger partial charge in [0.1, 0.15) is 0 Å². The van der Waals surface area contributed by atoms with E-state index in [1.807, 2.05) is 30.9 Å². The Morgan fingerprint density at radius 2 is 1.81 bits per heavy atom. The van der Waals surface area contributed by atoms with Gasteiger partial charge >= 0.3 is 0 Å². The number of carbonyl (C=O) groups is 1. The van der Waals surface area contributed by atoms with Crippen molar-refractivity contribution >= 4 is 38.4 Å². The van der Waals surface area contributed by atoms with Crippen molar-refractivity contribution < 1.29 is 13.2 Å². The van der Waals surface area contributed by atoms with E-state index in [9.17, 15) is 13.2 Å². The van der Waals surface area contributed by atoms with Crippen LogP contribution in [0.5, 0.6) is 0 Å². The van der Waals surface area contributed by atoms with Crippen LogP contribution in [-0.4, -0.2) is 42.3 Å². The summed E-state index contributed by atoms with van der Waals surface area (Å²) in [6, 6.07) is 8.02. The SMILES string of the molecule is CCC(CC)C(=O)N=C1S[C@@H]2CS(=O)(=O)C[C@H]2N1c1ccc(C(C)C)cc1. The topological polar surface area (TPSA) is 66.8 Å². The van der Waals surface area contributed by atoms with E-state index in [4.69, 9.17) is 0 Å². The van der Waals surface area contributed by atoms with Gasteiger partial charge in [0.05, 0.1) is 17.5 Å². The number of amides is 1. The van der Waals surface area contributed by atoms with Gasteiger partial charge in [-0.15, -0.1) is 0 Å². The first-order valence-electron chi connectivity index (χ1n) is 9.64. The molecule has 0 radical (unpaired) electrons. The summed E-state index contributed by atoms with van der Waals surface area (Å²) < 4.78 is 24.3. The van der Waals surface area contributed by atoms with Crippen molar-refractivity contribution in [3.63, 3.8) is 0 Å². The molecule has 0 N–H and O–H groups in total. The standard InChI is InChI=1S/C20H28N2O3S2/c1-5-14(6-2)19(23)21-20-22(16-9-7-15(8-10-16)13(3)4)17-11-27(24,25)12-18(17)26-20/h7-10,13-14,17-18H,5-6,11-12H2,1-4H3/t17-,18-/m1/s1. The van der Waals surface area contributed by atoms with Crippen molar-refractivity contribution in [2.45, 2.75) is 57.7 Å². The maximum atomic E-state index is 12.6. The predicted molar refractivity (Wildman–Crippen MR) is 113 cm³/mol. The van der Waals surface area contributed by atoms with Gasteiger partial charge in [-0.25, -0.2) is 8.42 Å². The van der Waals surface area contributed by atoms with Crippen LogP contribution < -0.4 is 4.90 Å². The van der Waals surface area contributed by atoms with Crippen molar-refractivity contribution in [1.29, 1.82) is 0 Å². The highest BCUT2D eigenvalue weighted by Gasteiger charge is 2.49. The molecule has 1 aromatic carbocycles. The number of anilines is 1. The Morgan fingerprint density at radius 3 is 2.37 bits per heavy atom. The van der Waals surface area contributed by atoms with Crippen LogP contribution >= 0.6 is 11.8 Å². The second-order valence-corrected chi connectivity index (χ2v) is 11.0. The summed E-state index contributed by atoms with van der Waals surface area (Å²) in [5, 5.41) is 0.585. The summed E-state index contributed by atoms with van der Waals surface area (Å²) in [6.07, 6.45) is 1.53. The number of sulfone groups is 1. The number of aliphatic imine (C=N–C) groups is 1. The lowest BCUT2D eigenvalue weighted by Crippen LogP contribution is -2.37. The average molecular weight is 409 g/mol. The molecule has 0 aliphatic carbocycles. The summed E-state index contributed by atoms with van der Waals surface area (Å²) >= 11 is 1.44. The van der Waals surface area contributed by atoms with Crippen LogP contribution in [0.4, 0.5) is 5.69 Å². The molecule has 0 bridgehead atoms. The van der Waals surface area contributed by atoms with Gasteiger partial charge in [-0.05, 0) is 36.5 Å². The lowest BCUT2D eigenvalue weighted by Gasteiger charge is -2.25. The fourth-order valence-corrected chi connectivity index (χ4v) is 7.63. The number of nitrogens with zero attached hydrogens (tertiary/aromatic N) is 2. The minimum absolute atomic E-state index is 0.0620. The van der Waals surface area contributed by atoms with Gasteiger partial charge in [-0.1, -0.05) is 51.6 Å². The van der Waals surface area contributed by atoms with Crippen molar-refractivity contribution in [1.82, 2.24) is 0 Å². The molecule has 1 amide bonds. The minimum atomic E-state index is -3.05. The predicted octanol–water partition coefficient (Wildman–Crippen LogP) is 3.85. The minimum Gasteiger partial charge on any atom is -0.316 e. The molecular weight excluding hydrogens is 380 g/mol. The van der Waals surface area contributed by atoms with Crippen molar-refractivity contribution in [2.75, 3.05) is 16.4 Å². The fraction of sp³-hybridized carbons (Fsp3) is 0.600. The van der Waals surface area contributed by atoms with Crippen LogP contribution in [0.2, 0.25) is 0 Å². The van der Waals surface area contributed by atoms with E-state index < -0.39 is 9.84 Å². The molecule has 7 heteroatoms. The van der Waals surface area contributed by atoms with Gasteiger partial charge in [0.25, 0.3) is 5.91 Å². The molecule has 2 fully saturated rings. The van der Waals surface area contributed by atoms with Crippen LogP contribution in [0.25, 0.3) is 0 Å². The molecule has 2 atom stereocenters. The maximum absolute atomic E-state index is 12.6. The van der Waals surface area contributed by atoms with Crippen LogP contribution in [0.3, 0.4) is 0 Å². The number of carbonyl (C=O) groups excluding carboxylic acids is 1. The van der Waals surface area contributed by atoms with E-state index in [-0.39, 0.29) is 34.6 Å². The Kier molecular flexibility index (Phi) is 6.01. The summed E-state index contributed by atoms with van der Waals surface area (Å²) in [5.41, 5.74) is 2.14. The van der Waals surface area contributed by atoms with Gasteiger partial charge in [0, 0.05) is 16.9 Å². The van der Waals surface area contributed by atoms with Crippen molar-refractivity contribution in [2.24, 2.45) is 10.9 Å². The normalized spacial score (nSPS) is 25.6. The first-order valence-corrected chi connectivity index (χ1v) is 12.3. The number of amidine groups is 1. The molecule has 1 aromatic rings. The molecule has 27 heavy (non-hydrogen) atoms. The van der Waals surface area contributed by atoms with E-state index in [1.165, 1.54) is 17.3 Å². The number of hydrogen-bond acceptors (Lipinski definition) is 4. The van der Waals surface area contributed by atoms with Gasteiger partial charge in [0.15, 0.2) is 15.0 Å². The van der Waals surface area contributed by atoms with Crippen LogP contribution in [0.1, 0.15) is 52.0 Å². The lowest BCUT2D eigenvalue weighted by atomic mass is 10.0. The third-order valence-corrected chi connectivity index (χ3v) is 8.65. The van der Waals surface area contributed by atoms with Gasteiger partial charge in [-0.2, -0.15) is 4.99 Å². The second-order valence-electron chi connectivity index (χ2n) is 7.66. The molecule has 148 valence electrons. The molecule has 2 saturated heterocycles. The molecule has 0 unspecified atom stereocenters. The smallest absolute Gasteiger partial charge is 0.251 e. The van der Waals surface area contributed by atoms with E-state index in [2.05, 4.69) is 31.0 Å². The number of thioether (sulfide) groups is 1. The molecule has 2 aliphatic heterocycles. The molecule has 2 aliphatic rings. The molecule has 5 nitrogen and oxygen atoms in total. The quantitative estimate of drug-likeness (QED) is 0.740. The fourth-order valence-electron chi connectivity index (χ4n) is 3.71. The molecule has 3 rings (SSSR count). The maximum Gasteiger partial charge on any atom is 0.251 e. The number of rotatable bonds is 5. The second kappa shape index (κ2) is 7.95. The number of fused-ring (bicyclic) bond motifs is 1. The monoisotopic (exact) mass is 408 g/mol. The zero-order chi connectivity index (χ0) is 19.8. The zero-order valence-electron chi connectivity index (χ0n) is 16.4. The highest BCUT2D eigenvalue weighted by atomic mass is 32.2. The van der Waals surface area contributed by atoms with E-state index in [1.54, 1.807) is 0 Å². The molecule has 0 saturated carbocycles. The lowest BCUT2D eigenvalue weighted by molar-refractivity contribution is -0.121. The largest absolute Gasteiger partial charge is 0.316 e. The first-order chi connectivity index (χ1) is 12.8. The molecular formula is C20H28N2O3S2. The summed E-state index contributed by atoms with van der Waals surface area (Å²) in [7, 11) is -3.05.